The van der Waals surface area contributed by atoms with Crippen molar-refractivity contribution in [3.63, 3.8) is 0 Å². The number of nitrogens with zero attached hydrogens (tertiary/aromatic N) is 1. The van der Waals surface area contributed by atoms with Crippen molar-refractivity contribution in [3.8, 4) is 0 Å². The zero-order valence-electron chi connectivity index (χ0n) is 10.5. The normalized spacial score (nSPS) is 12.3. The van der Waals surface area contributed by atoms with Gasteiger partial charge in [0.2, 0.25) is 0 Å². The van der Waals surface area contributed by atoms with Gasteiger partial charge in [0, 0.05) is 29.5 Å². The number of benzene rings is 1. The summed E-state index contributed by atoms with van der Waals surface area (Å²) in [5.41, 5.74) is 1.45. The highest BCUT2D eigenvalue weighted by Gasteiger charge is 2.18. The van der Waals surface area contributed by atoms with E-state index in [0.29, 0.717) is 5.56 Å². The third-order valence-corrected chi connectivity index (χ3v) is 2.96. The summed E-state index contributed by atoms with van der Waals surface area (Å²) in [6.45, 7) is 3.30. The van der Waals surface area contributed by atoms with Crippen molar-refractivity contribution < 1.29 is 9.59 Å². The smallest absolute Gasteiger partial charge is 0.166 e. The van der Waals surface area contributed by atoms with Crippen molar-refractivity contribution in [1.29, 1.82) is 0 Å². The zero-order chi connectivity index (χ0) is 13.1. The third kappa shape index (κ3) is 2.45. The molecule has 3 nitrogen and oxygen atoms in total. The molecule has 92 valence electrons. The Kier molecular flexibility index (Phi) is 3.51. The summed E-state index contributed by atoms with van der Waals surface area (Å²) in [5, 5.41) is 0.848. The monoisotopic (exact) mass is 241 g/mol. The van der Waals surface area contributed by atoms with Crippen LogP contribution < -0.4 is 0 Å². The van der Waals surface area contributed by atoms with Gasteiger partial charge in [0.15, 0.2) is 5.78 Å². The molecule has 2 aromatic rings. The van der Waals surface area contributed by atoms with Gasteiger partial charge in [-0.3, -0.25) is 9.78 Å². The van der Waals surface area contributed by atoms with Crippen LogP contribution in [0.25, 0.3) is 10.9 Å². The maximum absolute atomic E-state index is 12.3. The molecule has 0 saturated heterocycles. The first-order chi connectivity index (χ1) is 8.59. The fourth-order valence-electron chi connectivity index (χ4n) is 2.10. The van der Waals surface area contributed by atoms with Crippen LogP contribution >= 0.6 is 0 Å². The Balaban J connectivity index is 2.42. The van der Waals surface area contributed by atoms with E-state index < -0.39 is 0 Å². The van der Waals surface area contributed by atoms with Crippen molar-refractivity contribution in [3.05, 3.63) is 42.1 Å². The Labute approximate surface area is 106 Å². The first-order valence-corrected chi connectivity index (χ1v) is 5.97. The highest BCUT2D eigenvalue weighted by atomic mass is 16.1. The molecule has 0 saturated carbocycles. The van der Waals surface area contributed by atoms with Crippen molar-refractivity contribution in [2.75, 3.05) is 0 Å². The molecule has 0 bridgehead atoms. The zero-order valence-corrected chi connectivity index (χ0v) is 10.5. The summed E-state index contributed by atoms with van der Waals surface area (Å²) in [6, 6.07) is 9.26. The second-order valence-corrected chi connectivity index (χ2v) is 4.55. The molecular weight excluding hydrogens is 226 g/mol. The molecule has 0 spiro atoms. The van der Waals surface area contributed by atoms with Crippen molar-refractivity contribution >= 4 is 22.5 Å². The van der Waals surface area contributed by atoms with E-state index in [2.05, 4.69) is 4.98 Å². The molecule has 1 aromatic heterocycles. The van der Waals surface area contributed by atoms with E-state index in [4.69, 9.17) is 0 Å². The summed E-state index contributed by atoms with van der Waals surface area (Å²) in [5.74, 6) is -0.244. The van der Waals surface area contributed by atoms with Crippen molar-refractivity contribution in [2.24, 2.45) is 5.92 Å². The lowest BCUT2D eigenvalue weighted by Crippen LogP contribution is -2.14. The number of fused-ring (bicyclic) bond motifs is 1. The fourth-order valence-corrected chi connectivity index (χ4v) is 2.10. The molecule has 0 aliphatic heterocycles. The Morgan fingerprint density at radius 1 is 1.22 bits per heavy atom. The SMILES string of the molecule is CC(=O)CC(C)C(=O)c1ccnc2ccccc12. The van der Waals surface area contributed by atoms with E-state index in [9.17, 15) is 9.59 Å². The van der Waals surface area contributed by atoms with Gasteiger partial charge < -0.3 is 4.79 Å². The Morgan fingerprint density at radius 3 is 2.67 bits per heavy atom. The minimum atomic E-state index is -0.284. The summed E-state index contributed by atoms with van der Waals surface area (Å²) in [7, 11) is 0. The molecule has 1 heterocycles. The summed E-state index contributed by atoms with van der Waals surface area (Å²) in [4.78, 5) is 27.6. The quantitative estimate of drug-likeness (QED) is 0.773. The largest absolute Gasteiger partial charge is 0.300 e. The van der Waals surface area contributed by atoms with Crippen LogP contribution in [-0.2, 0) is 4.79 Å². The predicted molar refractivity (Wildman–Crippen MR) is 70.5 cm³/mol. The highest BCUT2D eigenvalue weighted by molar-refractivity contribution is 6.08. The summed E-state index contributed by atoms with van der Waals surface area (Å²) >= 11 is 0. The van der Waals surface area contributed by atoms with Crippen molar-refractivity contribution in [1.82, 2.24) is 4.98 Å². The number of hydrogen-bond acceptors (Lipinski definition) is 3. The maximum atomic E-state index is 12.3. The molecule has 1 aromatic carbocycles. The van der Waals surface area contributed by atoms with Crippen LogP contribution in [0, 0.1) is 5.92 Å². The Morgan fingerprint density at radius 2 is 1.94 bits per heavy atom. The lowest BCUT2D eigenvalue weighted by Gasteiger charge is -2.10. The predicted octanol–water partition coefficient (Wildman–Crippen LogP) is 3.03. The van der Waals surface area contributed by atoms with Gasteiger partial charge in [-0.15, -0.1) is 0 Å². The second kappa shape index (κ2) is 5.08. The number of carbonyl (C=O) groups excluding carboxylic acids is 2. The van der Waals surface area contributed by atoms with Gasteiger partial charge in [-0.25, -0.2) is 0 Å². The highest BCUT2D eigenvalue weighted by Crippen LogP contribution is 2.20. The molecule has 0 radical (unpaired) electrons. The second-order valence-electron chi connectivity index (χ2n) is 4.55. The minimum absolute atomic E-state index is 0.00352. The van der Waals surface area contributed by atoms with Crippen LogP contribution in [0.5, 0.6) is 0 Å². The molecule has 0 aliphatic carbocycles. The first-order valence-electron chi connectivity index (χ1n) is 5.97. The summed E-state index contributed by atoms with van der Waals surface area (Å²) in [6.07, 6.45) is 1.92. The van der Waals surface area contributed by atoms with Gasteiger partial charge in [-0.2, -0.15) is 0 Å². The summed E-state index contributed by atoms with van der Waals surface area (Å²) < 4.78 is 0. The van der Waals surface area contributed by atoms with E-state index in [0.717, 1.165) is 10.9 Å². The fraction of sp³-hybridized carbons (Fsp3) is 0.267. The Hall–Kier alpha value is -2.03. The minimum Gasteiger partial charge on any atom is -0.300 e. The molecule has 18 heavy (non-hydrogen) atoms. The van der Waals surface area contributed by atoms with E-state index >= 15 is 0 Å². The molecule has 0 amide bonds. The van der Waals surface area contributed by atoms with Gasteiger partial charge in [0.25, 0.3) is 0 Å². The van der Waals surface area contributed by atoms with E-state index in [1.54, 1.807) is 19.2 Å². The molecule has 1 unspecified atom stereocenters. The maximum Gasteiger partial charge on any atom is 0.166 e. The molecule has 0 N–H and O–H groups in total. The molecule has 3 heteroatoms. The average Bonchev–Trinajstić information content (AvgIpc) is 2.36. The lowest BCUT2D eigenvalue weighted by atomic mass is 9.93. The van der Waals surface area contributed by atoms with Gasteiger partial charge in [-0.1, -0.05) is 25.1 Å². The topological polar surface area (TPSA) is 47.0 Å². The number of carbonyl (C=O) groups is 2. The molecule has 0 aliphatic rings. The van der Waals surface area contributed by atoms with Crippen LogP contribution in [0.15, 0.2) is 36.5 Å². The number of aromatic nitrogens is 1. The number of pyridine rings is 1. The first kappa shape index (κ1) is 12.4. The van der Waals surface area contributed by atoms with E-state index in [1.165, 1.54) is 6.92 Å². The van der Waals surface area contributed by atoms with Crippen LogP contribution in [-0.4, -0.2) is 16.6 Å². The number of hydrogen-bond donors (Lipinski definition) is 0. The number of para-hydroxylation sites is 1. The van der Waals surface area contributed by atoms with Gasteiger partial charge in [-0.05, 0) is 19.1 Å². The molecule has 1 atom stereocenters. The number of ketones is 2. The third-order valence-electron chi connectivity index (χ3n) is 2.96. The molecular formula is C15H15NO2. The van der Waals surface area contributed by atoms with Crippen LogP contribution in [0.4, 0.5) is 0 Å². The number of rotatable bonds is 4. The van der Waals surface area contributed by atoms with Crippen LogP contribution in [0.3, 0.4) is 0 Å². The van der Waals surface area contributed by atoms with Crippen LogP contribution in [0.1, 0.15) is 30.6 Å². The van der Waals surface area contributed by atoms with Gasteiger partial charge >= 0.3 is 0 Å². The van der Waals surface area contributed by atoms with E-state index in [-0.39, 0.29) is 23.9 Å². The standard InChI is InChI=1S/C15H15NO2/c1-10(9-11(2)17)15(18)13-7-8-16-14-6-4-3-5-12(13)14/h3-8,10H,9H2,1-2H3. The number of Topliss-reactive ketones (excluding diaryl/α,β-unsaturated/α-hetero) is 2. The molecule has 2 rings (SSSR count). The Bertz CT molecular complexity index is 599. The lowest BCUT2D eigenvalue weighted by molar-refractivity contribution is -0.117. The average molecular weight is 241 g/mol. The van der Waals surface area contributed by atoms with Crippen molar-refractivity contribution in [2.45, 2.75) is 20.3 Å². The van der Waals surface area contributed by atoms with Crippen LogP contribution in [0.2, 0.25) is 0 Å². The van der Waals surface area contributed by atoms with Gasteiger partial charge in [0.05, 0.1) is 5.52 Å². The molecule has 0 fully saturated rings. The van der Waals surface area contributed by atoms with Gasteiger partial charge in [0.1, 0.15) is 5.78 Å². The van der Waals surface area contributed by atoms with E-state index in [1.807, 2.05) is 24.3 Å².